The molecular weight excluding hydrogens is 737 g/mol. The number of nitriles is 1. The molecule has 0 radical (unpaired) electrons. The van der Waals surface area contributed by atoms with Crippen LogP contribution < -0.4 is 0 Å². The molecule has 61 heavy (non-hydrogen) atoms. The van der Waals surface area contributed by atoms with Gasteiger partial charge < -0.3 is 4.57 Å². The molecule has 1 atom stereocenters. The lowest BCUT2D eigenvalue weighted by Crippen LogP contribution is -2.33. The highest BCUT2D eigenvalue weighted by Gasteiger charge is 2.51. The Morgan fingerprint density at radius 2 is 0.918 bits per heavy atom. The predicted molar refractivity (Wildman–Crippen MR) is 252 cm³/mol. The Morgan fingerprint density at radius 1 is 0.393 bits per heavy atom. The summed E-state index contributed by atoms with van der Waals surface area (Å²) >= 11 is 0. The van der Waals surface area contributed by atoms with Crippen LogP contribution in [0.4, 0.5) is 0 Å². The van der Waals surface area contributed by atoms with Crippen molar-refractivity contribution in [1.82, 2.24) is 4.57 Å². The molecule has 0 N–H and O–H groups in total. The van der Waals surface area contributed by atoms with Crippen molar-refractivity contribution in [2.45, 2.75) is 24.7 Å². The first kappa shape index (κ1) is 33.1. The Hall–Kier alpha value is -7.73. The Morgan fingerprint density at radius 3 is 1.64 bits per heavy atom. The maximum Gasteiger partial charge on any atom is 0.0991 e. The maximum absolute atomic E-state index is 9.75. The molecule has 1 aliphatic heterocycles. The molecule has 0 saturated heterocycles. The second-order valence-electron chi connectivity index (χ2n) is 17.9. The smallest absolute Gasteiger partial charge is 0.0991 e. The topological polar surface area (TPSA) is 28.7 Å². The van der Waals surface area contributed by atoms with E-state index in [2.05, 4.69) is 200 Å². The number of para-hydroxylation sites is 2. The van der Waals surface area contributed by atoms with Crippen molar-refractivity contribution in [3.8, 4) is 45.1 Å². The van der Waals surface area contributed by atoms with E-state index < -0.39 is 5.41 Å². The van der Waals surface area contributed by atoms with Gasteiger partial charge in [-0.15, -0.1) is 0 Å². The quantitative estimate of drug-likeness (QED) is 0.153. The highest BCUT2D eigenvalue weighted by molar-refractivity contribution is 6.29. The fourth-order valence-corrected chi connectivity index (χ4v) is 12.2. The van der Waals surface area contributed by atoms with Crippen molar-refractivity contribution in [3.63, 3.8) is 0 Å². The molecular formula is C59H36N2. The predicted octanol–water partition coefficient (Wildman–Crippen LogP) is 14.8. The fourth-order valence-electron chi connectivity index (χ4n) is 12.2. The summed E-state index contributed by atoms with van der Waals surface area (Å²) in [6, 6.07) is 70.8. The molecule has 2 nitrogen and oxygen atoms in total. The highest BCUT2D eigenvalue weighted by Crippen LogP contribution is 2.62. The molecule has 0 bridgehead atoms. The van der Waals surface area contributed by atoms with Gasteiger partial charge in [0.15, 0.2) is 0 Å². The van der Waals surface area contributed by atoms with Crippen LogP contribution in [-0.2, 0) is 10.8 Å². The molecule has 2 aliphatic carbocycles. The van der Waals surface area contributed by atoms with Gasteiger partial charge in [-0.1, -0.05) is 153 Å². The maximum atomic E-state index is 9.75. The molecule has 11 aromatic rings. The molecule has 282 valence electrons. The van der Waals surface area contributed by atoms with Crippen LogP contribution in [0.2, 0.25) is 0 Å². The average Bonchev–Trinajstić information content (AvgIpc) is 3.88. The van der Waals surface area contributed by atoms with E-state index in [1.54, 1.807) is 0 Å². The first-order valence-corrected chi connectivity index (χ1v) is 21.3. The van der Waals surface area contributed by atoms with Gasteiger partial charge in [-0.2, -0.15) is 5.26 Å². The number of nitrogens with zero attached hydrogens (tertiary/aromatic N) is 2. The Labute approximate surface area is 353 Å². The van der Waals surface area contributed by atoms with Crippen molar-refractivity contribution in [1.29, 1.82) is 5.26 Å². The van der Waals surface area contributed by atoms with Crippen LogP contribution in [-0.4, -0.2) is 4.57 Å². The standard InChI is InChI=1S/C59H36N2/c1-58(2)52-28-34(33-60)22-25-42(52)43-26-23-35(29-53(43)58)36-24-27-44-41-16-7-8-18-49(41)59(54(44)30-36)50-19-9-10-21-55(50)61-56-32-47-40-15-6-4-13-38(40)37-12-3-5-14-39(37)46(47)31-48(56)45-17-11-20-51(59)57(45)61/h3-32H,1-2H3. The van der Waals surface area contributed by atoms with Gasteiger partial charge in [0.05, 0.1) is 33.8 Å². The van der Waals surface area contributed by atoms with Gasteiger partial charge in [-0.25, -0.2) is 0 Å². The second kappa shape index (κ2) is 11.3. The van der Waals surface area contributed by atoms with Crippen molar-refractivity contribution >= 4 is 54.1 Å². The molecule has 1 aromatic heterocycles. The normalized spacial score (nSPS) is 16.2. The molecule has 1 spiro atoms. The van der Waals surface area contributed by atoms with Crippen molar-refractivity contribution in [2.75, 3.05) is 0 Å². The number of hydrogen-bond donors (Lipinski definition) is 0. The van der Waals surface area contributed by atoms with Crippen LogP contribution in [0.25, 0.3) is 93.2 Å². The van der Waals surface area contributed by atoms with Gasteiger partial charge in [0.2, 0.25) is 0 Å². The van der Waals surface area contributed by atoms with Crippen LogP contribution >= 0.6 is 0 Å². The third-order valence-electron chi connectivity index (χ3n) is 14.8. The Bertz CT molecular complexity index is 3870. The number of aromatic nitrogens is 1. The number of hydrogen-bond acceptors (Lipinski definition) is 1. The molecule has 0 amide bonds. The lowest BCUT2D eigenvalue weighted by Gasteiger charge is -2.39. The summed E-state index contributed by atoms with van der Waals surface area (Å²) in [5.74, 6) is 0. The van der Waals surface area contributed by atoms with Crippen LogP contribution in [0.3, 0.4) is 0 Å². The number of fused-ring (bicyclic) bond motifs is 21. The third kappa shape index (κ3) is 3.93. The fraction of sp³-hybridized carbons (Fsp3) is 0.0678. The summed E-state index contributed by atoms with van der Waals surface area (Å²) < 4.78 is 2.58. The molecule has 0 saturated carbocycles. The zero-order valence-corrected chi connectivity index (χ0v) is 33.7. The SMILES string of the molecule is CC1(C)c2cc(C#N)ccc2-c2ccc(-c3ccc4c(c3)C3(c5ccccc5-4)c4ccccc4-n4c5cc6c7ccccc7c7ccccc7c6cc5c5cccc3c54)cc21. The monoisotopic (exact) mass is 772 g/mol. The van der Waals surface area contributed by atoms with Gasteiger partial charge in [0.1, 0.15) is 0 Å². The summed E-state index contributed by atoms with van der Waals surface area (Å²) in [4.78, 5) is 0. The molecule has 3 aliphatic rings. The van der Waals surface area contributed by atoms with E-state index in [9.17, 15) is 5.26 Å². The minimum atomic E-state index is -0.541. The first-order chi connectivity index (χ1) is 30.0. The first-order valence-electron chi connectivity index (χ1n) is 21.3. The van der Waals surface area contributed by atoms with E-state index in [1.165, 1.54) is 127 Å². The van der Waals surface area contributed by atoms with E-state index in [0.29, 0.717) is 5.56 Å². The third-order valence-corrected chi connectivity index (χ3v) is 14.8. The molecule has 10 aromatic carbocycles. The van der Waals surface area contributed by atoms with E-state index in [0.717, 1.165) is 0 Å². The zero-order valence-electron chi connectivity index (χ0n) is 33.7. The van der Waals surface area contributed by atoms with Crippen LogP contribution in [0.15, 0.2) is 182 Å². The van der Waals surface area contributed by atoms with Crippen LogP contribution in [0.5, 0.6) is 0 Å². The van der Waals surface area contributed by atoms with Gasteiger partial charge >= 0.3 is 0 Å². The Kier molecular flexibility index (Phi) is 6.14. The van der Waals surface area contributed by atoms with Gasteiger partial charge in [-0.05, 0) is 142 Å². The molecule has 2 heteroatoms. The molecule has 2 heterocycles. The van der Waals surface area contributed by atoms with Crippen molar-refractivity contribution < 1.29 is 0 Å². The van der Waals surface area contributed by atoms with Gasteiger partial charge in [-0.3, -0.25) is 0 Å². The van der Waals surface area contributed by atoms with Gasteiger partial charge in [0, 0.05) is 16.2 Å². The summed E-state index contributed by atoms with van der Waals surface area (Å²) in [5, 5.41) is 20.1. The lowest BCUT2D eigenvalue weighted by atomic mass is 9.65. The van der Waals surface area contributed by atoms with Gasteiger partial charge in [0.25, 0.3) is 0 Å². The second-order valence-corrected chi connectivity index (χ2v) is 17.9. The van der Waals surface area contributed by atoms with E-state index >= 15 is 0 Å². The summed E-state index contributed by atoms with van der Waals surface area (Å²) in [7, 11) is 0. The largest absolute Gasteiger partial charge is 0.309 e. The number of benzene rings is 10. The summed E-state index contributed by atoms with van der Waals surface area (Å²) in [6.45, 7) is 4.59. The highest BCUT2D eigenvalue weighted by atomic mass is 15.0. The van der Waals surface area contributed by atoms with Crippen LogP contribution in [0, 0.1) is 11.3 Å². The molecule has 1 unspecified atom stereocenters. The van der Waals surface area contributed by atoms with E-state index in [-0.39, 0.29) is 5.41 Å². The van der Waals surface area contributed by atoms with Crippen molar-refractivity contribution in [2.24, 2.45) is 0 Å². The molecule has 14 rings (SSSR count). The molecule has 0 fully saturated rings. The Balaban J connectivity index is 1.07. The van der Waals surface area contributed by atoms with Crippen LogP contribution in [0.1, 0.15) is 52.8 Å². The number of rotatable bonds is 1. The summed E-state index contributed by atoms with van der Waals surface area (Å²) in [5.41, 5.74) is 19.0. The minimum absolute atomic E-state index is 0.226. The average molecular weight is 773 g/mol. The van der Waals surface area contributed by atoms with E-state index in [4.69, 9.17) is 0 Å². The summed E-state index contributed by atoms with van der Waals surface area (Å²) in [6.07, 6.45) is 0. The zero-order chi connectivity index (χ0) is 40.4. The van der Waals surface area contributed by atoms with Crippen molar-refractivity contribution in [3.05, 3.63) is 221 Å². The lowest BCUT2D eigenvalue weighted by molar-refractivity contribution is 0.660. The van der Waals surface area contributed by atoms with E-state index in [1.807, 2.05) is 6.07 Å². The minimum Gasteiger partial charge on any atom is -0.309 e.